The highest BCUT2D eigenvalue weighted by Crippen LogP contribution is 2.18. The van der Waals surface area contributed by atoms with Gasteiger partial charge in [-0.25, -0.2) is 21.2 Å². The highest BCUT2D eigenvalue weighted by molar-refractivity contribution is 7.91. The average Bonchev–Trinajstić information content (AvgIpc) is 2.76. The van der Waals surface area contributed by atoms with Crippen LogP contribution in [0.5, 0.6) is 0 Å². The normalized spacial score (nSPS) is 21.1. The Bertz CT molecular complexity index is 761. The third-order valence-electron chi connectivity index (χ3n) is 3.02. The molecule has 10 heteroatoms. The lowest BCUT2D eigenvalue weighted by molar-refractivity contribution is -0.124. The van der Waals surface area contributed by atoms with Crippen LogP contribution in [-0.2, 0) is 24.7 Å². The first-order valence-electron chi connectivity index (χ1n) is 5.97. The third kappa shape index (κ3) is 3.99. The van der Waals surface area contributed by atoms with E-state index in [0.717, 1.165) is 18.2 Å². The molecule has 7 nitrogen and oxygen atoms in total. The lowest BCUT2D eigenvalue weighted by Crippen LogP contribution is -2.44. The van der Waals surface area contributed by atoms with Gasteiger partial charge in [0.05, 0.1) is 22.3 Å². The van der Waals surface area contributed by atoms with Gasteiger partial charge in [-0.1, -0.05) is 6.07 Å². The largest absolute Gasteiger partial charge is 0.277 e. The standard InChI is InChI=1S/C11H13FN2O5S2/c12-9-2-1-3-10(6-9)21(18,19)14-13-11(15)8-4-5-20(16,17)7-8/h1-3,6,8,14H,4-5,7H2,(H,13,15)/t8-/m1/s1. The molecule has 21 heavy (non-hydrogen) atoms. The topological polar surface area (TPSA) is 109 Å². The van der Waals surface area contributed by atoms with Crippen LogP contribution in [0.15, 0.2) is 29.2 Å². The smallest absolute Gasteiger partial charge is 0.257 e. The minimum Gasteiger partial charge on any atom is -0.277 e. The second-order valence-corrected chi connectivity index (χ2v) is 8.56. The number of hydrogen-bond donors (Lipinski definition) is 2. The van der Waals surface area contributed by atoms with Crippen LogP contribution in [0.25, 0.3) is 0 Å². The monoisotopic (exact) mass is 336 g/mol. The number of hydrazine groups is 1. The number of carbonyl (C=O) groups is 1. The fourth-order valence-corrected chi connectivity index (χ4v) is 4.53. The van der Waals surface area contributed by atoms with E-state index in [9.17, 15) is 26.0 Å². The van der Waals surface area contributed by atoms with Gasteiger partial charge in [0.15, 0.2) is 9.84 Å². The molecular formula is C11H13FN2O5S2. The Hall–Kier alpha value is -1.52. The molecule has 1 atom stereocenters. The van der Waals surface area contributed by atoms with Crippen molar-refractivity contribution in [2.24, 2.45) is 5.92 Å². The summed E-state index contributed by atoms with van der Waals surface area (Å²) in [5, 5.41) is 0. The maximum Gasteiger partial charge on any atom is 0.257 e. The van der Waals surface area contributed by atoms with Crippen LogP contribution in [0.2, 0.25) is 0 Å². The number of sulfonamides is 1. The number of carbonyl (C=O) groups excluding carboxylic acids is 1. The minimum absolute atomic E-state index is 0.0955. The molecule has 0 bridgehead atoms. The van der Waals surface area contributed by atoms with Crippen molar-refractivity contribution in [3.63, 3.8) is 0 Å². The number of hydrogen-bond acceptors (Lipinski definition) is 5. The molecule has 1 aliphatic rings. The van der Waals surface area contributed by atoms with Crippen LogP contribution < -0.4 is 10.3 Å². The Morgan fingerprint density at radius 3 is 2.62 bits per heavy atom. The first-order chi connectivity index (χ1) is 9.70. The van der Waals surface area contributed by atoms with E-state index in [1.807, 2.05) is 10.3 Å². The highest BCUT2D eigenvalue weighted by Gasteiger charge is 2.33. The van der Waals surface area contributed by atoms with E-state index in [-0.39, 0.29) is 22.8 Å². The van der Waals surface area contributed by atoms with E-state index >= 15 is 0 Å². The number of benzene rings is 1. The van der Waals surface area contributed by atoms with Crippen LogP contribution in [0.4, 0.5) is 4.39 Å². The first kappa shape index (κ1) is 15.9. The highest BCUT2D eigenvalue weighted by atomic mass is 32.2. The van der Waals surface area contributed by atoms with E-state index in [1.54, 1.807) is 0 Å². The molecule has 0 radical (unpaired) electrons. The maximum absolute atomic E-state index is 13.0. The quantitative estimate of drug-likeness (QED) is 0.725. The summed E-state index contributed by atoms with van der Waals surface area (Å²) in [7, 11) is -7.35. The Morgan fingerprint density at radius 2 is 2.05 bits per heavy atom. The summed E-state index contributed by atoms with van der Waals surface area (Å²) in [6.07, 6.45) is 0.149. The molecule has 1 aromatic rings. The zero-order valence-corrected chi connectivity index (χ0v) is 12.4. The van der Waals surface area contributed by atoms with Crippen molar-refractivity contribution in [1.29, 1.82) is 0 Å². The molecule has 1 aromatic carbocycles. The molecular weight excluding hydrogens is 323 g/mol. The van der Waals surface area contributed by atoms with E-state index in [1.165, 1.54) is 6.07 Å². The van der Waals surface area contributed by atoms with Gasteiger partial charge in [0, 0.05) is 0 Å². The molecule has 0 unspecified atom stereocenters. The molecule has 1 heterocycles. The summed E-state index contributed by atoms with van der Waals surface area (Å²) in [5.41, 5.74) is 1.96. The molecule has 2 rings (SSSR count). The van der Waals surface area contributed by atoms with Gasteiger partial charge in [0.2, 0.25) is 5.91 Å². The Balaban J connectivity index is 2.01. The van der Waals surface area contributed by atoms with Crippen LogP contribution in [0, 0.1) is 11.7 Å². The Labute approximate surface area is 121 Å². The van der Waals surface area contributed by atoms with Crippen molar-refractivity contribution >= 4 is 25.8 Å². The van der Waals surface area contributed by atoms with Gasteiger partial charge in [0.25, 0.3) is 10.0 Å². The summed E-state index contributed by atoms with van der Waals surface area (Å²) in [4.78, 5) is 13.2. The van der Waals surface area contributed by atoms with Gasteiger partial charge >= 0.3 is 0 Å². The van der Waals surface area contributed by atoms with Crippen molar-refractivity contribution < 1.29 is 26.0 Å². The van der Waals surface area contributed by atoms with Crippen molar-refractivity contribution in [2.75, 3.05) is 11.5 Å². The summed E-state index contributed by atoms with van der Waals surface area (Å²) in [5.74, 6) is -2.64. The molecule has 1 amide bonds. The van der Waals surface area contributed by atoms with Crippen molar-refractivity contribution in [1.82, 2.24) is 10.3 Å². The van der Waals surface area contributed by atoms with Gasteiger partial charge < -0.3 is 0 Å². The van der Waals surface area contributed by atoms with E-state index in [0.29, 0.717) is 0 Å². The van der Waals surface area contributed by atoms with E-state index < -0.39 is 37.5 Å². The number of nitrogens with one attached hydrogen (secondary N) is 2. The molecule has 116 valence electrons. The van der Waals surface area contributed by atoms with Crippen LogP contribution in [-0.4, -0.2) is 34.2 Å². The molecule has 1 aliphatic heterocycles. The Kier molecular flexibility index (Phi) is 4.30. The maximum atomic E-state index is 13.0. The van der Waals surface area contributed by atoms with Crippen LogP contribution in [0.1, 0.15) is 6.42 Å². The molecule has 0 spiro atoms. The molecule has 0 aliphatic carbocycles. The number of sulfone groups is 1. The van der Waals surface area contributed by atoms with E-state index in [4.69, 9.17) is 0 Å². The van der Waals surface area contributed by atoms with Crippen molar-refractivity contribution in [3.05, 3.63) is 30.1 Å². The molecule has 2 N–H and O–H groups in total. The van der Waals surface area contributed by atoms with Gasteiger partial charge in [0.1, 0.15) is 5.82 Å². The zero-order valence-electron chi connectivity index (χ0n) is 10.7. The zero-order chi connectivity index (χ0) is 15.7. The lowest BCUT2D eigenvalue weighted by Gasteiger charge is -2.11. The summed E-state index contributed by atoms with van der Waals surface area (Å²) >= 11 is 0. The second kappa shape index (κ2) is 5.70. The first-order valence-corrected chi connectivity index (χ1v) is 9.28. The Morgan fingerprint density at radius 1 is 1.33 bits per heavy atom. The number of halogens is 1. The van der Waals surface area contributed by atoms with Crippen LogP contribution >= 0.6 is 0 Å². The summed E-state index contributed by atoms with van der Waals surface area (Å²) < 4.78 is 59.1. The van der Waals surface area contributed by atoms with Crippen molar-refractivity contribution in [3.8, 4) is 0 Å². The SMILES string of the molecule is O=C(NNS(=O)(=O)c1cccc(F)c1)[C@@H]1CCS(=O)(=O)C1. The third-order valence-corrected chi connectivity index (χ3v) is 6.03. The molecule has 0 saturated carbocycles. The van der Waals surface area contributed by atoms with Gasteiger partial charge in [-0.15, -0.1) is 4.83 Å². The van der Waals surface area contributed by atoms with E-state index in [2.05, 4.69) is 0 Å². The molecule has 0 aromatic heterocycles. The van der Waals surface area contributed by atoms with Gasteiger partial charge in [-0.05, 0) is 24.6 Å². The van der Waals surface area contributed by atoms with Gasteiger partial charge in [-0.3, -0.25) is 10.2 Å². The number of amides is 1. The predicted molar refractivity (Wildman–Crippen MR) is 71.6 cm³/mol. The van der Waals surface area contributed by atoms with Crippen molar-refractivity contribution in [2.45, 2.75) is 11.3 Å². The summed E-state index contributed by atoms with van der Waals surface area (Å²) in [6, 6.07) is 4.27. The minimum atomic E-state index is -4.11. The fraction of sp³-hybridized carbons (Fsp3) is 0.364. The van der Waals surface area contributed by atoms with Crippen LogP contribution in [0.3, 0.4) is 0 Å². The second-order valence-electron chi connectivity index (χ2n) is 4.65. The fourth-order valence-electron chi connectivity index (χ4n) is 1.91. The molecule has 1 fully saturated rings. The average molecular weight is 336 g/mol. The number of rotatable bonds is 4. The van der Waals surface area contributed by atoms with Gasteiger partial charge in [-0.2, -0.15) is 0 Å². The predicted octanol–water partition coefficient (Wildman–Crippen LogP) is -0.430. The molecule has 1 saturated heterocycles. The summed E-state index contributed by atoms with van der Waals surface area (Å²) in [6.45, 7) is 0. The lowest BCUT2D eigenvalue weighted by atomic mass is 10.1.